The van der Waals surface area contributed by atoms with Gasteiger partial charge >= 0.3 is 0 Å². The van der Waals surface area contributed by atoms with Crippen molar-refractivity contribution in [2.24, 2.45) is 0 Å². The van der Waals surface area contributed by atoms with E-state index in [1.165, 1.54) is 54.5 Å². The van der Waals surface area contributed by atoms with Crippen LogP contribution in [0.5, 0.6) is 0 Å². The van der Waals surface area contributed by atoms with Crippen molar-refractivity contribution in [2.45, 2.75) is 55.1 Å². The number of para-hydroxylation sites is 6. The monoisotopic (exact) mass is 1080 g/mol. The Hall–Kier alpha value is -10.2. The molecule has 0 aliphatic carbocycles. The standard InChI is InChI=1S/C26H22N2.C25H20N2.C24H18N2.2CH4/c1-19-13-15-22(16-14-19)26-27-24-11-4-5-12-25(24)28(26)18-17-21-9-6-8-20-7-2-3-10-23(20)21;1-18-13-15-20(16-14-18)25-26-23-11-4-5-12-24(23)27(25)17-21-9-6-8-19-7-2-3-10-22(19)21;1-17-13-15-19(16-14-17)24-25-21-10-4-5-11-23(21)26(24)22-12-6-8-18-7-2-3-9-20(18)22;;/h2-16H,17-18H2,1H3;2-16H,17H2,1H3;2-16H,1H3;2*1H4/i1D;;1D;;. The Labute approximate surface area is 490 Å². The Kier molecular flexibility index (Phi) is 15.3. The Morgan fingerprint density at radius 2 is 0.723 bits per heavy atom. The Bertz CT molecular complexity index is 4730. The predicted octanol–water partition coefficient (Wildman–Crippen LogP) is 20.0. The number of benzene rings is 12. The molecule has 6 heteroatoms. The summed E-state index contributed by atoms with van der Waals surface area (Å²) in [5.41, 5.74) is 16.8. The second-order valence-corrected chi connectivity index (χ2v) is 20.6. The van der Waals surface area contributed by atoms with Gasteiger partial charge in [-0.1, -0.05) is 262 Å². The highest BCUT2D eigenvalue weighted by atomic mass is 15.1. The molecule has 15 rings (SSSR count). The molecule has 3 heterocycles. The number of aryl methyl sites for hydroxylation is 5. The third kappa shape index (κ3) is 11.2. The molecule has 12 aromatic carbocycles. The Balaban J connectivity index is 0.000000131. The SMILES string of the molecule is C.C.Cc1ccc(-c2nc3ccccc3n2Cc2cccc3ccccc23)cc1.[2H]Cc1ccc(-c2nc3ccccc3n2-c2cccc3ccccc23)cc1.[2H]Cc1ccc(-c2nc3ccccc3n2CCc2cccc3ccccc23)cc1. The number of fused-ring (bicyclic) bond motifs is 6. The number of rotatable bonds is 9. The average molecular weight is 1080 g/mol. The van der Waals surface area contributed by atoms with Gasteiger partial charge < -0.3 is 9.13 Å². The van der Waals surface area contributed by atoms with E-state index in [2.05, 4.69) is 257 Å². The van der Waals surface area contributed by atoms with Gasteiger partial charge in [-0.15, -0.1) is 0 Å². The maximum Gasteiger partial charge on any atom is 0.145 e. The van der Waals surface area contributed by atoms with Crippen molar-refractivity contribution in [3.63, 3.8) is 0 Å². The lowest BCUT2D eigenvalue weighted by Gasteiger charge is -2.13. The fraction of sp³-hybridized carbons (Fsp3) is 0.104. The number of aromatic nitrogens is 6. The van der Waals surface area contributed by atoms with Crippen LogP contribution in [-0.2, 0) is 19.5 Å². The summed E-state index contributed by atoms with van der Waals surface area (Å²) in [5.74, 6) is 2.93. The van der Waals surface area contributed by atoms with Crippen LogP contribution in [0.3, 0.4) is 0 Å². The molecule has 0 saturated heterocycles. The van der Waals surface area contributed by atoms with E-state index in [4.69, 9.17) is 17.7 Å². The van der Waals surface area contributed by atoms with E-state index in [1.807, 2.05) is 36.4 Å². The van der Waals surface area contributed by atoms with Crippen molar-refractivity contribution in [3.05, 3.63) is 301 Å². The summed E-state index contributed by atoms with van der Waals surface area (Å²) in [6.07, 6.45) is 0.944. The molecule has 0 unspecified atom stereocenters. The fourth-order valence-electron chi connectivity index (χ4n) is 11.2. The summed E-state index contributed by atoms with van der Waals surface area (Å²) in [4.78, 5) is 14.8. The summed E-state index contributed by atoms with van der Waals surface area (Å²) in [6, 6.07) is 95.0. The minimum Gasteiger partial charge on any atom is -0.324 e. The summed E-state index contributed by atoms with van der Waals surface area (Å²) >= 11 is 0. The van der Waals surface area contributed by atoms with E-state index in [-0.39, 0.29) is 14.9 Å². The van der Waals surface area contributed by atoms with Gasteiger partial charge in [-0.2, -0.15) is 0 Å². The van der Waals surface area contributed by atoms with Gasteiger partial charge in [-0.05, 0) is 108 Å². The molecule has 0 spiro atoms. The van der Waals surface area contributed by atoms with Gasteiger partial charge in [0.25, 0.3) is 0 Å². The first kappa shape index (κ1) is 52.2. The summed E-state index contributed by atoms with van der Waals surface area (Å²) in [6.45, 7) is 4.37. The van der Waals surface area contributed by atoms with Gasteiger partial charge in [0.2, 0.25) is 0 Å². The van der Waals surface area contributed by atoms with Gasteiger partial charge in [0.15, 0.2) is 0 Å². The average Bonchev–Trinajstić information content (AvgIpc) is 2.78. The molecule has 0 radical (unpaired) electrons. The Morgan fingerprint density at radius 1 is 0.337 bits per heavy atom. The summed E-state index contributed by atoms with van der Waals surface area (Å²) < 4.78 is 22.0. The van der Waals surface area contributed by atoms with Crippen LogP contribution in [0.15, 0.2) is 273 Å². The normalized spacial score (nSPS) is 11.3. The van der Waals surface area contributed by atoms with E-state index in [9.17, 15) is 0 Å². The molecular weight excluding hydrogens is 1010 g/mol. The molecule has 15 aromatic rings. The molecule has 0 amide bonds. The first-order chi connectivity index (χ1) is 41.0. The van der Waals surface area contributed by atoms with Gasteiger partial charge in [-0.3, -0.25) is 4.57 Å². The highest BCUT2D eigenvalue weighted by Gasteiger charge is 2.18. The van der Waals surface area contributed by atoms with Crippen LogP contribution in [0.1, 0.15) is 45.4 Å². The zero-order valence-corrected chi connectivity index (χ0v) is 45.2. The minimum absolute atomic E-state index is 0. The molecule has 0 atom stereocenters. The van der Waals surface area contributed by atoms with E-state index < -0.39 is 0 Å². The molecule has 406 valence electrons. The predicted molar refractivity (Wildman–Crippen MR) is 353 cm³/mol. The zero-order chi connectivity index (χ0) is 56.1. The van der Waals surface area contributed by atoms with Crippen LogP contribution in [0.25, 0.3) is 105 Å². The van der Waals surface area contributed by atoms with E-state index in [0.29, 0.717) is 13.8 Å². The molecule has 6 nitrogen and oxygen atoms in total. The third-order valence-electron chi connectivity index (χ3n) is 15.3. The maximum atomic E-state index is 7.56. The minimum atomic E-state index is 0. The van der Waals surface area contributed by atoms with E-state index in [1.54, 1.807) is 0 Å². The number of nitrogens with zero attached hydrogens (tertiary/aromatic N) is 6. The van der Waals surface area contributed by atoms with Crippen molar-refractivity contribution in [1.82, 2.24) is 28.7 Å². The van der Waals surface area contributed by atoms with E-state index in [0.717, 1.165) is 98.1 Å². The van der Waals surface area contributed by atoms with Crippen LogP contribution < -0.4 is 0 Å². The molecule has 0 aliphatic rings. The number of hydrogen-bond acceptors (Lipinski definition) is 3. The summed E-state index contributed by atoms with van der Waals surface area (Å²) in [5, 5.41) is 7.59. The molecule has 83 heavy (non-hydrogen) atoms. The van der Waals surface area contributed by atoms with Crippen LogP contribution in [-0.4, -0.2) is 28.7 Å². The van der Waals surface area contributed by atoms with Gasteiger partial charge in [-0.25, -0.2) is 15.0 Å². The molecule has 3 aromatic heterocycles. The topological polar surface area (TPSA) is 53.5 Å². The van der Waals surface area contributed by atoms with Crippen LogP contribution in [0.4, 0.5) is 0 Å². The van der Waals surface area contributed by atoms with Crippen LogP contribution >= 0.6 is 0 Å². The largest absolute Gasteiger partial charge is 0.324 e. The highest BCUT2D eigenvalue weighted by Crippen LogP contribution is 2.34. The fourth-order valence-corrected chi connectivity index (χ4v) is 11.2. The van der Waals surface area contributed by atoms with Crippen molar-refractivity contribution in [3.8, 4) is 39.9 Å². The van der Waals surface area contributed by atoms with Gasteiger partial charge in [0.05, 0.1) is 45.3 Å². The molecule has 0 fully saturated rings. The van der Waals surface area contributed by atoms with Crippen molar-refractivity contribution >= 4 is 65.4 Å². The molecule has 0 bridgehead atoms. The zero-order valence-electron chi connectivity index (χ0n) is 47.2. The molecule has 0 saturated carbocycles. The number of hydrogen-bond donors (Lipinski definition) is 0. The quantitative estimate of drug-likeness (QED) is 0.145. The summed E-state index contributed by atoms with van der Waals surface area (Å²) in [7, 11) is 0. The number of imidazole rings is 3. The van der Waals surface area contributed by atoms with Crippen molar-refractivity contribution in [1.29, 1.82) is 0 Å². The van der Waals surface area contributed by atoms with Crippen molar-refractivity contribution < 1.29 is 2.74 Å². The lowest BCUT2D eigenvalue weighted by atomic mass is 10.0. The second kappa shape index (κ2) is 24.3. The van der Waals surface area contributed by atoms with E-state index >= 15 is 0 Å². The first-order valence-corrected chi connectivity index (χ1v) is 27.6. The Morgan fingerprint density at radius 3 is 1.29 bits per heavy atom. The third-order valence-corrected chi connectivity index (χ3v) is 15.3. The molecule has 0 N–H and O–H groups in total. The van der Waals surface area contributed by atoms with Crippen molar-refractivity contribution in [2.75, 3.05) is 0 Å². The lowest BCUT2D eigenvalue weighted by Crippen LogP contribution is -2.04. The first-order valence-electron chi connectivity index (χ1n) is 29.0. The maximum absolute atomic E-state index is 7.56. The van der Waals surface area contributed by atoms with Gasteiger partial charge in [0, 0.05) is 31.4 Å². The molecule has 0 aliphatic heterocycles. The second-order valence-electron chi connectivity index (χ2n) is 20.6. The van der Waals surface area contributed by atoms with Crippen LogP contribution in [0, 0.1) is 20.7 Å². The van der Waals surface area contributed by atoms with Gasteiger partial charge in [0.1, 0.15) is 17.5 Å². The smallest absolute Gasteiger partial charge is 0.145 e. The van der Waals surface area contributed by atoms with Crippen LogP contribution in [0.2, 0.25) is 0 Å². The molecular formula is C77H68N6. The lowest BCUT2D eigenvalue weighted by molar-refractivity contribution is 0.726. The highest BCUT2D eigenvalue weighted by molar-refractivity contribution is 5.94.